The Labute approximate surface area is 113 Å². The minimum Gasteiger partial charge on any atom is -0.477 e. The summed E-state index contributed by atoms with van der Waals surface area (Å²) in [5.41, 5.74) is -0.241. The van der Waals surface area contributed by atoms with Crippen LogP contribution in [0.1, 0.15) is 26.4 Å². The van der Waals surface area contributed by atoms with Gasteiger partial charge in [-0.3, -0.25) is 4.79 Å². The molecule has 2 rings (SSSR count). The van der Waals surface area contributed by atoms with Gasteiger partial charge in [0, 0.05) is 18.8 Å². The van der Waals surface area contributed by atoms with Crippen molar-refractivity contribution >= 4 is 23.4 Å². The highest BCUT2D eigenvalue weighted by Gasteiger charge is 2.21. The number of benzene rings is 1. The maximum absolute atomic E-state index is 13.6. The van der Waals surface area contributed by atoms with E-state index in [1.54, 1.807) is 0 Å². The SMILES string of the molecule is Cn1cc(C(=O)c2c(F)cccc2Cl)cc1C(=O)O. The number of halogens is 2. The summed E-state index contributed by atoms with van der Waals surface area (Å²) < 4.78 is 14.9. The lowest BCUT2D eigenvalue weighted by atomic mass is 10.1. The zero-order valence-electron chi connectivity index (χ0n) is 9.85. The molecule has 0 bridgehead atoms. The van der Waals surface area contributed by atoms with Gasteiger partial charge < -0.3 is 9.67 Å². The topological polar surface area (TPSA) is 59.3 Å². The van der Waals surface area contributed by atoms with Crippen molar-refractivity contribution in [1.82, 2.24) is 4.57 Å². The Hall–Kier alpha value is -2.14. The molecule has 98 valence electrons. The third-order valence-corrected chi connectivity index (χ3v) is 2.99. The van der Waals surface area contributed by atoms with Crippen molar-refractivity contribution in [3.63, 3.8) is 0 Å². The summed E-state index contributed by atoms with van der Waals surface area (Å²) in [6.07, 6.45) is 1.33. The van der Waals surface area contributed by atoms with Gasteiger partial charge in [-0.05, 0) is 18.2 Å². The first kappa shape index (κ1) is 13.3. The van der Waals surface area contributed by atoms with E-state index in [-0.39, 0.29) is 21.8 Å². The van der Waals surface area contributed by atoms with Crippen molar-refractivity contribution in [2.45, 2.75) is 0 Å². The van der Waals surface area contributed by atoms with Crippen LogP contribution in [0.4, 0.5) is 4.39 Å². The number of hydrogen-bond acceptors (Lipinski definition) is 2. The van der Waals surface area contributed by atoms with Gasteiger partial charge in [-0.2, -0.15) is 0 Å². The molecule has 1 N–H and O–H groups in total. The van der Waals surface area contributed by atoms with Crippen LogP contribution in [0.3, 0.4) is 0 Å². The molecule has 0 unspecified atom stereocenters. The normalized spacial score (nSPS) is 10.5. The third kappa shape index (κ3) is 2.37. The van der Waals surface area contributed by atoms with Gasteiger partial charge in [0.25, 0.3) is 0 Å². The predicted octanol–water partition coefficient (Wildman–Crippen LogP) is 2.75. The Kier molecular flexibility index (Phi) is 3.40. The molecule has 0 amide bonds. The zero-order valence-corrected chi connectivity index (χ0v) is 10.6. The van der Waals surface area contributed by atoms with Gasteiger partial charge in [-0.15, -0.1) is 0 Å². The van der Waals surface area contributed by atoms with Gasteiger partial charge >= 0.3 is 5.97 Å². The number of carbonyl (C=O) groups is 2. The summed E-state index contributed by atoms with van der Waals surface area (Å²) in [5, 5.41) is 8.90. The van der Waals surface area contributed by atoms with E-state index in [4.69, 9.17) is 16.7 Å². The summed E-state index contributed by atoms with van der Waals surface area (Å²) in [5.74, 6) is -2.55. The highest BCUT2D eigenvalue weighted by Crippen LogP contribution is 2.23. The minimum atomic E-state index is -1.17. The highest BCUT2D eigenvalue weighted by molar-refractivity contribution is 6.35. The Balaban J connectivity index is 2.51. The number of nitrogens with zero attached hydrogens (tertiary/aromatic N) is 1. The van der Waals surface area contributed by atoms with Gasteiger partial charge in [-0.1, -0.05) is 17.7 Å². The average Bonchev–Trinajstić information content (AvgIpc) is 2.71. The molecule has 0 saturated heterocycles. The first-order chi connectivity index (χ1) is 8.91. The van der Waals surface area contributed by atoms with Gasteiger partial charge in [-0.25, -0.2) is 9.18 Å². The van der Waals surface area contributed by atoms with Crippen LogP contribution in [0.5, 0.6) is 0 Å². The van der Waals surface area contributed by atoms with Gasteiger partial charge in [0.15, 0.2) is 5.78 Å². The molecule has 19 heavy (non-hydrogen) atoms. The molecule has 0 aliphatic heterocycles. The minimum absolute atomic E-state index is 0.00859. The molecular weight excluding hydrogens is 273 g/mol. The Morgan fingerprint density at radius 2 is 2.05 bits per heavy atom. The molecule has 6 heteroatoms. The summed E-state index contributed by atoms with van der Waals surface area (Å²) in [6.45, 7) is 0. The second kappa shape index (κ2) is 4.85. The maximum atomic E-state index is 13.6. The van der Waals surface area contributed by atoms with Crippen molar-refractivity contribution in [3.8, 4) is 0 Å². The van der Waals surface area contributed by atoms with Crippen LogP contribution in [-0.2, 0) is 7.05 Å². The molecule has 1 heterocycles. The fourth-order valence-corrected chi connectivity index (χ4v) is 2.01. The molecule has 1 aromatic heterocycles. The monoisotopic (exact) mass is 281 g/mol. The molecule has 2 aromatic rings. The van der Waals surface area contributed by atoms with Crippen LogP contribution < -0.4 is 0 Å². The van der Waals surface area contributed by atoms with Gasteiger partial charge in [0.1, 0.15) is 11.5 Å². The van der Waals surface area contributed by atoms with E-state index >= 15 is 0 Å². The second-order valence-corrected chi connectivity index (χ2v) is 4.36. The third-order valence-electron chi connectivity index (χ3n) is 2.68. The highest BCUT2D eigenvalue weighted by atomic mass is 35.5. The number of carbonyl (C=O) groups excluding carboxylic acids is 1. The first-order valence-corrected chi connectivity index (χ1v) is 5.68. The smallest absolute Gasteiger partial charge is 0.352 e. The lowest BCUT2D eigenvalue weighted by molar-refractivity contribution is 0.0686. The molecule has 0 aliphatic rings. The van der Waals surface area contributed by atoms with Crippen LogP contribution >= 0.6 is 11.6 Å². The van der Waals surface area contributed by atoms with Gasteiger partial charge in [0.2, 0.25) is 0 Å². The number of carboxylic acid groups (broad SMARTS) is 1. The van der Waals surface area contributed by atoms with Crippen LogP contribution in [0.25, 0.3) is 0 Å². The number of aromatic nitrogens is 1. The first-order valence-electron chi connectivity index (χ1n) is 5.30. The maximum Gasteiger partial charge on any atom is 0.352 e. The lowest BCUT2D eigenvalue weighted by Crippen LogP contribution is -2.04. The quantitative estimate of drug-likeness (QED) is 0.880. The van der Waals surface area contributed by atoms with E-state index < -0.39 is 17.6 Å². The molecular formula is C13H9ClFNO3. The Morgan fingerprint density at radius 3 is 2.58 bits per heavy atom. The van der Waals surface area contributed by atoms with E-state index in [2.05, 4.69) is 0 Å². The fraction of sp³-hybridized carbons (Fsp3) is 0.0769. The standard InChI is InChI=1S/C13H9ClFNO3/c1-16-6-7(5-10(16)13(18)19)12(17)11-8(14)3-2-4-9(11)15/h2-6H,1H3,(H,18,19). The molecule has 0 atom stereocenters. The number of hydrogen-bond donors (Lipinski definition) is 1. The van der Waals surface area contributed by atoms with Crippen LogP contribution in [0.15, 0.2) is 30.5 Å². The van der Waals surface area contributed by atoms with E-state index in [0.29, 0.717) is 0 Å². The van der Waals surface area contributed by atoms with Crippen molar-refractivity contribution in [2.24, 2.45) is 7.05 Å². The molecule has 0 radical (unpaired) electrons. The van der Waals surface area contributed by atoms with Crippen LogP contribution in [-0.4, -0.2) is 21.4 Å². The van der Waals surface area contributed by atoms with E-state index in [1.165, 1.54) is 36.0 Å². The number of aromatic carboxylic acids is 1. The van der Waals surface area contributed by atoms with Crippen molar-refractivity contribution < 1.29 is 19.1 Å². The zero-order chi connectivity index (χ0) is 14.2. The number of ketones is 1. The number of aryl methyl sites for hydroxylation is 1. The van der Waals surface area contributed by atoms with E-state index in [1.807, 2.05) is 0 Å². The molecule has 0 spiro atoms. The second-order valence-electron chi connectivity index (χ2n) is 3.96. The largest absolute Gasteiger partial charge is 0.477 e. The molecule has 0 aliphatic carbocycles. The van der Waals surface area contributed by atoms with Crippen molar-refractivity contribution in [3.05, 3.63) is 58.1 Å². The van der Waals surface area contributed by atoms with E-state index in [0.717, 1.165) is 6.07 Å². The molecule has 0 saturated carbocycles. The molecule has 4 nitrogen and oxygen atoms in total. The Bertz CT molecular complexity index is 658. The molecule has 0 fully saturated rings. The predicted molar refractivity (Wildman–Crippen MR) is 67.2 cm³/mol. The number of rotatable bonds is 3. The molecule has 1 aromatic carbocycles. The Morgan fingerprint density at radius 1 is 1.37 bits per heavy atom. The van der Waals surface area contributed by atoms with Gasteiger partial charge in [0.05, 0.1) is 10.6 Å². The number of carboxylic acids is 1. The van der Waals surface area contributed by atoms with Crippen molar-refractivity contribution in [1.29, 1.82) is 0 Å². The summed E-state index contributed by atoms with van der Waals surface area (Å²) in [6, 6.07) is 5.11. The van der Waals surface area contributed by atoms with E-state index in [9.17, 15) is 14.0 Å². The summed E-state index contributed by atoms with van der Waals surface area (Å²) in [7, 11) is 1.49. The fourth-order valence-electron chi connectivity index (χ4n) is 1.76. The lowest BCUT2D eigenvalue weighted by Gasteiger charge is -2.02. The van der Waals surface area contributed by atoms with Crippen molar-refractivity contribution in [2.75, 3.05) is 0 Å². The van der Waals surface area contributed by atoms with Crippen LogP contribution in [0.2, 0.25) is 5.02 Å². The summed E-state index contributed by atoms with van der Waals surface area (Å²) in [4.78, 5) is 23.0. The van der Waals surface area contributed by atoms with Crippen LogP contribution in [0, 0.1) is 5.82 Å². The average molecular weight is 282 g/mol. The summed E-state index contributed by atoms with van der Waals surface area (Å²) >= 11 is 5.80.